The van der Waals surface area contributed by atoms with Crippen molar-refractivity contribution >= 4 is 16.7 Å². The first-order valence-electron chi connectivity index (χ1n) is 9.14. The average molecular weight is 348 g/mol. The number of nitrogens with zero attached hydrogens (tertiary/aromatic N) is 5. The molecule has 0 unspecified atom stereocenters. The minimum absolute atomic E-state index is 0.466. The van der Waals surface area contributed by atoms with E-state index < -0.39 is 0 Å². The van der Waals surface area contributed by atoms with Crippen LogP contribution in [0.2, 0.25) is 0 Å². The standard InChI is InChI=1S/C20H24N6/c1-26(2)17-6-4-16(5-7-17)25-20-18-9-14(15-10-21-12-22-11-15)3-8-19(18)23-13-24-20/h3,8-13,16-17H,4-7H2,1-2H3,(H,23,24,25)/t16-,17-. The molecule has 1 aliphatic rings. The lowest BCUT2D eigenvalue weighted by atomic mass is 9.90. The summed E-state index contributed by atoms with van der Waals surface area (Å²) in [5.41, 5.74) is 3.02. The Hall–Kier alpha value is -2.60. The molecule has 1 aliphatic carbocycles. The van der Waals surface area contributed by atoms with Crippen LogP contribution < -0.4 is 5.32 Å². The van der Waals surface area contributed by atoms with Crippen molar-refractivity contribution in [2.45, 2.75) is 37.8 Å². The van der Waals surface area contributed by atoms with Gasteiger partial charge in [0.25, 0.3) is 0 Å². The van der Waals surface area contributed by atoms with Crippen LogP contribution in [-0.2, 0) is 0 Å². The molecule has 2 aromatic heterocycles. The van der Waals surface area contributed by atoms with Crippen LogP contribution in [0.3, 0.4) is 0 Å². The van der Waals surface area contributed by atoms with Gasteiger partial charge in [-0.15, -0.1) is 0 Å². The number of nitrogens with one attached hydrogen (secondary N) is 1. The normalized spacial score (nSPS) is 20.4. The van der Waals surface area contributed by atoms with Crippen LogP contribution in [-0.4, -0.2) is 51.0 Å². The van der Waals surface area contributed by atoms with Crippen LogP contribution in [0.5, 0.6) is 0 Å². The highest BCUT2D eigenvalue weighted by molar-refractivity contribution is 5.92. The van der Waals surface area contributed by atoms with E-state index in [0.29, 0.717) is 12.1 Å². The zero-order valence-corrected chi connectivity index (χ0v) is 15.3. The molecule has 0 amide bonds. The quantitative estimate of drug-likeness (QED) is 0.780. The summed E-state index contributed by atoms with van der Waals surface area (Å²) in [6.07, 6.45) is 11.6. The summed E-state index contributed by atoms with van der Waals surface area (Å²) < 4.78 is 0. The Kier molecular flexibility index (Phi) is 4.75. The molecule has 26 heavy (non-hydrogen) atoms. The van der Waals surface area contributed by atoms with Crippen molar-refractivity contribution in [2.75, 3.05) is 19.4 Å². The van der Waals surface area contributed by atoms with Crippen LogP contribution in [0.4, 0.5) is 5.82 Å². The van der Waals surface area contributed by atoms with Gasteiger partial charge in [-0.1, -0.05) is 6.07 Å². The van der Waals surface area contributed by atoms with Crippen molar-refractivity contribution in [3.63, 3.8) is 0 Å². The van der Waals surface area contributed by atoms with Crippen molar-refractivity contribution < 1.29 is 0 Å². The number of benzene rings is 1. The molecule has 1 fully saturated rings. The lowest BCUT2D eigenvalue weighted by Gasteiger charge is -2.33. The van der Waals surface area contributed by atoms with Crippen molar-refractivity contribution in [3.05, 3.63) is 43.2 Å². The maximum absolute atomic E-state index is 4.53. The number of rotatable bonds is 4. The van der Waals surface area contributed by atoms with Crippen molar-refractivity contribution in [3.8, 4) is 11.1 Å². The molecule has 0 spiro atoms. The minimum Gasteiger partial charge on any atom is -0.367 e. The number of fused-ring (bicyclic) bond motifs is 1. The maximum Gasteiger partial charge on any atom is 0.137 e. The minimum atomic E-state index is 0.466. The third-order valence-electron chi connectivity index (χ3n) is 5.30. The zero-order chi connectivity index (χ0) is 17.9. The highest BCUT2D eigenvalue weighted by Gasteiger charge is 2.23. The second-order valence-corrected chi connectivity index (χ2v) is 7.19. The lowest BCUT2D eigenvalue weighted by molar-refractivity contribution is 0.221. The van der Waals surface area contributed by atoms with E-state index in [0.717, 1.165) is 27.8 Å². The van der Waals surface area contributed by atoms with Gasteiger partial charge in [-0.05, 0) is 57.5 Å². The van der Waals surface area contributed by atoms with Gasteiger partial charge in [0, 0.05) is 35.4 Å². The Bertz CT molecular complexity index is 872. The van der Waals surface area contributed by atoms with Crippen molar-refractivity contribution in [1.29, 1.82) is 0 Å². The SMILES string of the molecule is CN(C)[C@H]1CC[C@H](Nc2ncnc3ccc(-c4cncnc4)cc23)CC1. The molecule has 6 nitrogen and oxygen atoms in total. The highest BCUT2D eigenvalue weighted by atomic mass is 15.1. The Balaban J connectivity index is 1.59. The maximum atomic E-state index is 4.53. The van der Waals surface area contributed by atoms with Crippen LogP contribution in [0.1, 0.15) is 25.7 Å². The topological polar surface area (TPSA) is 66.8 Å². The summed E-state index contributed by atoms with van der Waals surface area (Å²) >= 11 is 0. The van der Waals surface area contributed by atoms with Gasteiger partial charge in [0.1, 0.15) is 18.5 Å². The number of hydrogen-bond acceptors (Lipinski definition) is 6. The molecule has 3 aromatic rings. The third-order valence-corrected chi connectivity index (χ3v) is 5.30. The molecule has 2 heterocycles. The lowest BCUT2D eigenvalue weighted by Crippen LogP contribution is -2.36. The fraction of sp³-hybridized carbons (Fsp3) is 0.400. The fourth-order valence-electron chi connectivity index (χ4n) is 3.73. The molecule has 0 bridgehead atoms. The summed E-state index contributed by atoms with van der Waals surface area (Å²) in [7, 11) is 4.34. The number of aromatic nitrogens is 4. The number of hydrogen-bond donors (Lipinski definition) is 1. The van der Waals surface area contributed by atoms with Gasteiger partial charge in [0.15, 0.2) is 0 Å². The van der Waals surface area contributed by atoms with Gasteiger partial charge in [0.2, 0.25) is 0 Å². The molecule has 1 N–H and O–H groups in total. The Morgan fingerprint density at radius 2 is 1.69 bits per heavy atom. The summed E-state index contributed by atoms with van der Waals surface area (Å²) in [5.74, 6) is 0.919. The molecule has 0 aliphatic heterocycles. The van der Waals surface area contributed by atoms with E-state index in [-0.39, 0.29) is 0 Å². The Labute approximate surface area is 153 Å². The molecule has 1 saturated carbocycles. The molecule has 1 aromatic carbocycles. The first-order valence-corrected chi connectivity index (χ1v) is 9.14. The summed E-state index contributed by atoms with van der Waals surface area (Å²) in [6, 6.07) is 7.38. The van der Waals surface area contributed by atoms with Gasteiger partial charge in [-0.2, -0.15) is 0 Å². The van der Waals surface area contributed by atoms with E-state index in [4.69, 9.17) is 0 Å². The second kappa shape index (κ2) is 7.33. The van der Waals surface area contributed by atoms with E-state index in [1.165, 1.54) is 25.7 Å². The Morgan fingerprint density at radius 3 is 2.42 bits per heavy atom. The van der Waals surface area contributed by atoms with Gasteiger partial charge in [-0.25, -0.2) is 19.9 Å². The summed E-state index contributed by atoms with van der Waals surface area (Å²) in [6.45, 7) is 0. The van der Waals surface area contributed by atoms with Crippen LogP contribution in [0, 0.1) is 0 Å². The number of anilines is 1. The highest BCUT2D eigenvalue weighted by Crippen LogP contribution is 2.29. The van der Waals surface area contributed by atoms with Gasteiger partial charge in [0.05, 0.1) is 5.52 Å². The van der Waals surface area contributed by atoms with Gasteiger partial charge in [-0.3, -0.25) is 0 Å². The van der Waals surface area contributed by atoms with Crippen LogP contribution in [0.15, 0.2) is 43.2 Å². The third kappa shape index (κ3) is 3.51. The molecule has 0 saturated heterocycles. The van der Waals surface area contributed by atoms with Crippen LogP contribution >= 0.6 is 0 Å². The van der Waals surface area contributed by atoms with Crippen LogP contribution in [0.25, 0.3) is 22.0 Å². The molecule has 0 atom stereocenters. The summed E-state index contributed by atoms with van der Waals surface area (Å²) in [4.78, 5) is 19.5. The first kappa shape index (κ1) is 16.8. The van der Waals surface area contributed by atoms with Crippen molar-refractivity contribution in [1.82, 2.24) is 24.8 Å². The van der Waals surface area contributed by atoms with E-state index in [1.807, 2.05) is 18.5 Å². The molecule has 6 heteroatoms. The molecule has 4 rings (SSSR count). The monoisotopic (exact) mass is 348 g/mol. The van der Waals surface area contributed by atoms with Crippen molar-refractivity contribution in [2.24, 2.45) is 0 Å². The predicted molar refractivity (Wildman–Crippen MR) is 104 cm³/mol. The molecule has 134 valence electrons. The zero-order valence-electron chi connectivity index (χ0n) is 15.3. The fourth-order valence-corrected chi connectivity index (χ4v) is 3.73. The largest absolute Gasteiger partial charge is 0.367 e. The van der Waals surface area contributed by atoms with Gasteiger partial charge >= 0.3 is 0 Å². The molecular formula is C20H24N6. The average Bonchev–Trinajstić information content (AvgIpc) is 2.69. The van der Waals surface area contributed by atoms with E-state index in [9.17, 15) is 0 Å². The van der Waals surface area contributed by atoms with Gasteiger partial charge < -0.3 is 10.2 Å². The smallest absolute Gasteiger partial charge is 0.137 e. The second-order valence-electron chi connectivity index (χ2n) is 7.19. The Morgan fingerprint density at radius 1 is 0.923 bits per heavy atom. The van der Waals surface area contributed by atoms with E-state index >= 15 is 0 Å². The molecular weight excluding hydrogens is 324 g/mol. The van der Waals surface area contributed by atoms with E-state index in [1.54, 1.807) is 12.7 Å². The van der Waals surface area contributed by atoms with E-state index in [2.05, 4.69) is 56.4 Å². The molecule has 0 radical (unpaired) electrons. The predicted octanol–water partition coefficient (Wildman–Crippen LogP) is 3.37. The first-order chi connectivity index (χ1) is 12.7. The summed E-state index contributed by atoms with van der Waals surface area (Å²) in [5, 5.41) is 4.71.